The Balaban J connectivity index is 2.20. The SMILES string of the molecule is COc1ccc(/C(C)=N\NC(=O)c2cccnc2)cc1[N+](=O)[O-]. The molecular weight excluding hydrogens is 300 g/mol. The van der Waals surface area contributed by atoms with Crippen LogP contribution in [0.15, 0.2) is 47.8 Å². The van der Waals surface area contributed by atoms with E-state index in [0.717, 1.165) is 0 Å². The molecule has 1 heterocycles. The lowest BCUT2D eigenvalue weighted by Crippen LogP contribution is -2.19. The molecule has 2 rings (SSSR count). The molecule has 0 aliphatic rings. The Morgan fingerprint density at radius 3 is 2.74 bits per heavy atom. The molecule has 23 heavy (non-hydrogen) atoms. The van der Waals surface area contributed by atoms with Gasteiger partial charge >= 0.3 is 5.69 Å². The normalized spacial score (nSPS) is 11.0. The first-order chi connectivity index (χ1) is 11.0. The van der Waals surface area contributed by atoms with E-state index in [2.05, 4.69) is 15.5 Å². The summed E-state index contributed by atoms with van der Waals surface area (Å²) in [6.07, 6.45) is 2.97. The summed E-state index contributed by atoms with van der Waals surface area (Å²) in [7, 11) is 1.36. The van der Waals surface area contributed by atoms with Crippen LogP contribution in [0.3, 0.4) is 0 Å². The number of nitro groups is 1. The monoisotopic (exact) mass is 314 g/mol. The van der Waals surface area contributed by atoms with Crippen molar-refractivity contribution in [2.45, 2.75) is 6.92 Å². The number of benzene rings is 1. The smallest absolute Gasteiger partial charge is 0.311 e. The maximum atomic E-state index is 11.9. The number of rotatable bonds is 5. The molecule has 8 heteroatoms. The zero-order valence-electron chi connectivity index (χ0n) is 12.5. The molecule has 0 bridgehead atoms. The highest BCUT2D eigenvalue weighted by atomic mass is 16.6. The number of hydrogen-bond acceptors (Lipinski definition) is 6. The molecule has 0 aliphatic heterocycles. The highest BCUT2D eigenvalue weighted by molar-refractivity contribution is 6.01. The molecule has 1 amide bonds. The molecule has 0 spiro atoms. The number of pyridine rings is 1. The first-order valence-corrected chi connectivity index (χ1v) is 6.60. The van der Waals surface area contributed by atoms with E-state index < -0.39 is 10.8 Å². The van der Waals surface area contributed by atoms with Gasteiger partial charge in [0.1, 0.15) is 0 Å². The predicted octanol–water partition coefficient (Wildman–Crippen LogP) is 2.15. The van der Waals surface area contributed by atoms with Crippen LogP contribution in [0.5, 0.6) is 5.75 Å². The molecule has 0 unspecified atom stereocenters. The van der Waals surface area contributed by atoms with Gasteiger partial charge in [-0.25, -0.2) is 5.43 Å². The molecule has 0 aliphatic carbocycles. The number of hydrazone groups is 1. The standard InChI is InChI=1S/C15H14N4O4/c1-10(17-18-15(20)12-4-3-7-16-9-12)11-5-6-14(23-2)13(8-11)19(21)22/h3-9H,1-2H3,(H,18,20)/b17-10-. The second-order valence-corrected chi connectivity index (χ2v) is 4.52. The fraction of sp³-hybridized carbons (Fsp3) is 0.133. The van der Waals surface area contributed by atoms with E-state index in [1.807, 2.05) is 0 Å². The Morgan fingerprint density at radius 1 is 1.35 bits per heavy atom. The van der Waals surface area contributed by atoms with Crippen LogP contribution in [-0.4, -0.2) is 28.6 Å². The largest absolute Gasteiger partial charge is 0.490 e. The van der Waals surface area contributed by atoms with E-state index in [1.165, 1.54) is 25.4 Å². The first kappa shape index (κ1) is 16.1. The summed E-state index contributed by atoms with van der Waals surface area (Å²) in [5, 5.41) is 15.0. The average molecular weight is 314 g/mol. The maximum absolute atomic E-state index is 11.9. The number of carbonyl (C=O) groups excluding carboxylic acids is 1. The van der Waals surface area contributed by atoms with E-state index in [4.69, 9.17) is 4.74 Å². The Bertz CT molecular complexity index is 759. The molecule has 0 atom stereocenters. The van der Waals surface area contributed by atoms with Crippen molar-refractivity contribution in [3.05, 3.63) is 64.0 Å². The number of nitro benzene ring substituents is 1. The molecular formula is C15H14N4O4. The van der Waals surface area contributed by atoms with Gasteiger partial charge in [0.05, 0.1) is 23.3 Å². The van der Waals surface area contributed by atoms with Gasteiger partial charge in [0, 0.05) is 24.0 Å². The Hall–Kier alpha value is -3.29. The van der Waals surface area contributed by atoms with Gasteiger partial charge in [0.2, 0.25) is 0 Å². The van der Waals surface area contributed by atoms with E-state index in [1.54, 1.807) is 31.3 Å². The van der Waals surface area contributed by atoms with Crippen molar-refractivity contribution in [2.75, 3.05) is 7.11 Å². The van der Waals surface area contributed by atoms with Crippen LogP contribution in [0.25, 0.3) is 0 Å². The molecule has 1 aromatic carbocycles. The van der Waals surface area contributed by atoms with Crippen LogP contribution in [0.1, 0.15) is 22.8 Å². The van der Waals surface area contributed by atoms with Crippen LogP contribution in [0.2, 0.25) is 0 Å². The highest BCUT2D eigenvalue weighted by Gasteiger charge is 2.16. The van der Waals surface area contributed by atoms with Crippen LogP contribution >= 0.6 is 0 Å². The summed E-state index contributed by atoms with van der Waals surface area (Å²) in [4.78, 5) is 26.2. The van der Waals surface area contributed by atoms with Gasteiger partial charge in [-0.3, -0.25) is 19.9 Å². The second kappa shape index (κ2) is 7.12. The third kappa shape index (κ3) is 3.88. The van der Waals surface area contributed by atoms with Crippen molar-refractivity contribution in [1.29, 1.82) is 0 Å². The number of carbonyl (C=O) groups is 1. The first-order valence-electron chi connectivity index (χ1n) is 6.60. The van der Waals surface area contributed by atoms with Crippen LogP contribution in [0.4, 0.5) is 5.69 Å². The number of ether oxygens (including phenoxy) is 1. The Morgan fingerprint density at radius 2 is 2.13 bits per heavy atom. The summed E-state index contributed by atoms with van der Waals surface area (Å²) in [5.41, 5.74) is 3.51. The Labute approximate surface area is 132 Å². The van der Waals surface area contributed by atoms with Crippen molar-refractivity contribution >= 4 is 17.3 Å². The minimum absolute atomic E-state index is 0.158. The minimum atomic E-state index is -0.538. The summed E-state index contributed by atoms with van der Waals surface area (Å²) in [6.45, 7) is 1.63. The number of nitrogens with one attached hydrogen (secondary N) is 1. The van der Waals surface area contributed by atoms with Gasteiger partial charge in [0.25, 0.3) is 5.91 Å². The number of hydrogen-bond donors (Lipinski definition) is 1. The predicted molar refractivity (Wildman–Crippen MR) is 83.6 cm³/mol. The van der Waals surface area contributed by atoms with Gasteiger partial charge in [-0.1, -0.05) is 0 Å². The molecule has 8 nitrogen and oxygen atoms in total. The number of nitrogens with zero attached hydrogens (tertiary/aromatic N) is 3. The summed E-state index contributed by atoms with van der Waals surface area (Å²) >= 11 is 0. The van der Waals surface area contributed by atoms with E-state index >= 15 is 0 Å². The van der Waals surface area contributed by atoms with Crippen molar-refractivity contribution < 1.29 is 14.5 Å². The highest BCUT2D eigenvalue weighted by Crippen LogP contribution is 2.27. The van der Waals surface area contributed by atoms with Crippen molar-refractivity contribution in [2.24, 2.45) is 5.10 Å². The van der Waals surface area contributed by atoms with Gasteiger partial charge in [0.15, 0.2) is 5.75 Å². The Kier molecular flexibility index (Phi) is 4.98. The third-order valence-electron chi connectivity index (χ3n) is 3.04. The molecule has 0 saturated heterocycles. The van der Waals surface area contributed by atoms with Crippen LogP contribution in [-0.2, 0) is 0 Å². The molecule has 2 aromatic rings. The lowest BCUT2D eigenvalue weighted by Gasteiger charge is -2.05. The van der Waals surface area contributed by atoms with E-state index in [9.17, 15) is 14.9 Å². The zero-order valence-corrected chi connectivity index (χ0v) is 12.5. The maximum Gasteiger partial charge on any atom is 0.311 e. The summed E-state index contributed by atoms with van der Waals surface area (Å²) in [5.74, 6) is -0.258. The van der Waals surface area contributed by atoms with Gasteiger partial charge in [-0.2, -0.15) is 5.10 Å². The fourth-order valence-corrected chi connectivity index (χ4v) is 1.82. The molecule has 0 fully saturated rings. The zero-order chi connectivity index (χ0) is 16.8. The fourth-order valence-electron chi connectivity index (χ4n) is 1.82. The molecule has 1 aromatic heterocycles. The number of methoxy groups -OCH3 is 1. The molecule has 1 N–H and O–H groups in total. The number of aromatic nitrogens is 1. The summed E-state index contributed by atoms with van der Waals surface area (Å²) in [6, 6.07) is 7.69. The second-order valence-electron chi connectivity index (χ2n) is 4.52. The van der Waals surface area contributed by atoms with Crippen molar-refractivity contribution in [3.63, 3.8) is 0 Å². The van der Waals surface area contributed by atoms with Crippen molar-refractivity contribution in [1.82, 2.24) is 10.4 Å². The molecule has 0 radical (unpaired) electrons. The van der Waals surface area contributed by atoms with Gasteiger partial charge < -0.3 is 4.74 Å². The quantitative estimate of drug-likeness (QED) is 0.517. The van der Waals surface area contributed by atoms with E-state index in [0.29, 0.717) is 16.8 Å². The molecule has 0 saturated carbocycles. The minimum Gasteiger partial charge on any atom is -0.490 e. The van der Waals surface area contributed by atoms with Crippen LogP contribution < -0.4 is 10.2 Å². The number of amides is 1. The van der Waals surface area contributed by atoms with Crippen molar-refractivity contribution in [3.8, 4) is 5.75 Å². The van der Waals surface area contributed by atoms with Gasteiger partial charge in [-0.15, -0.1) is 0 Å². The average Bonchev–Trinajstić information content (AvgIpc) is 2.59. The van der Waals surface area contributed by atoms with E-state index in [-0.39, 0.29) is 11.4 Å². The topological polar surface area (TPSA) is 107 Å². The van der Waals surface area contributed by atoms with Crippen LogP contribution in [0, 0.1) is 10.1 Å². The van der Waals surface area contributed by atoms with Gasteiger partial charge in [-0.05, 0) is 31.2 Å². The lowest BCUT2D eigenvalue weighted by atomic mass is 10.1. The lowest BCUT2D eigenvalue weighted by molar-refractivity contribution is -0.385. The summed E-state index contributed by atoms with van der Waals surface area (Å²) < 4.78 is 4.94. The third-order valence-corrected chi connectivity index (χ3v) is 3.04. The molecule has 118 valence electrons.